The molecule has 14 heteroatoms. The fraction of sp³-hybridized carbons (Fsp3) is 0.211. The number of aryl methyl sites for hydroxylation is 1. The molecule has 0 fully saturated rings. The van der Waals surface area contributed by atoms with E-state index in [1.165, 1.54) is 23.5 Å². The summed E-state index contributed by atoms with van der Waals surface area (Å²) >= 11 is 2.21. The zero-order chi connectivity index (χ0) is 24.2. The molecule has 0 saturated heterocycles. The highest BCUT2D eigenvalue weighted by Crippen LogP contribution is 2.52. The maximum atomic E-state index is 13.1. The number of halogens is 6. The lowest BCUT2D eigenvalue weighted by molar-refractivity contribution is -0.375. The molecule has 1 aromatic carbocycles. The van der Waals surface area contributed by atoms with Crippen LogP contribution in [0.5, 0.6) is 0 Å². The van der Waals surface area contributed by atoms with E-state index in [1.807, 2.05) is 0 Å². The van der Waals surface area contributed by atoms with Crippen molar-refractivity contribution in [1.29, 1.82) is 0 Å². The fourth-order valence-corrected chi connectivity index (χ4v) is 5.64. The third-order valence-corrected chi connectivity index (χ3v) is 7.42. The first kappa shape index (κ1) is 23.7. The van der Waals surface area contributed by atoms with Gasteiger partial charge in [0.05, 0.1) is 15.6 Å². The summed E-state index contributed by atoms with van der Waals surface area (Å²) in [6.07, 6.45) is -11.6. The molecule has 4 rings (SSSR count). The minimum Gasteiger partial charge on any atom is -0.423 e. The Morgan fingerprint density at radius 2 is 1.79 bits per heavy atom. The van der Waals surface area contributed by atoms with Crippen LogP contribution in [0.1, 0.15) is 9.88 Å². The van der Waals surface area contributed by atoms with Gasteiger partial charge in [0.1, 0.15) is 5.58 Å². The van der Waals surface area contributed by atoms with Gasteiger partial charge in [-0.05, 0) is 25.1 Å². The predicted molar refractivity (Wildman–Crippen MR) is 111 cm³/mol. The lowest BCUT2D eigenvalue weighted by Gasteiger charge is -2.30. The molecule has 0 aliphatic carbocycles. The Morgan fingerprint density at radius 3 is 2.39 bits per heavy atom. The number of fused-ring (bicyclic) bond motifs is 1. The quantitative estimate of drug-likeness (QED) is 0.255. The van der Waals surface area contributed by atoms with Crippen LogP contribution in [0.25, 0.3) is 22.2 Å². The zero-order valence-corrected chi connectivity index (χ0v) is 18.6. The van der Waals surface area contributed by atoms with Crippen LogP contribution in [0.3, 0.4) is 0 Å². The first-order valence-corrected chi connectivity index (χ1v) is 11.3. The van der Waals surface area contributed by atoms with Gasteiger partial charge in [-0.3, -0.25) is 0 Å². The van der Waals surface area contributed by atoms with Gasteiger partial charge in [-0.1, -0.05) is 11.8 Å². The van der Waals surface area contributed by atoms with Crippen LogP contribution in [-0.2, 0) is 5.60 Å². The van der Waals surface area contributed by atoms with Crippen molar-refractivity contribution in [3.8, 4) is 11.3 Å². The molecule has 3 heterocycles. The molecular weight excluding hydrogens is 514 g/mol. The van der Waals surface area contributed by atoms with Crippen LogP contribution in [0, 0.1) is 6.92 Å². The van der Waals surface area contributed by atoms with E-state index in [0.29, 0.717) is 27.7 Å². The van der Waals surface area contributed by atoms with E-state index in [4.69, 9.17) is 4.42 Å². The molecule has 0 amide bonds. The molecule has 174 valence electrons. The molecule has 0 bridgehead atoms. The number of rotatable bonds is 4. The Kier molecular flexibility index (Phi) is 5.83. The van der Waals surface area contributed by atoms with Gasteiger partial charge in [0.2, 0.25) is 0 Å². The summed E-state index contributed by atoms with van der Waals surface area (Å²) in [5.74, 6) is 0. The second-order valence-electron chi connectivity index (χ2n) is 6.69. The monoisotopic (exact) mass is 524 g/mol. The van der Waals surface area contributed by atoms with E-state index < -0.39 is 28.5 Å². The molecule has 0 atom stereocenters. The normalized spacial score (nSPS) is 13.1. The van der Waals surface area contributed by atoms with Crippen LogP contribution in [0.15, 0.2) is 54.3 Å². The van der Waals surface area contributed by atoms with Crippen LogP contribution in [-0.4, -0.2) is 27.4 Å². The minimum absolute atomic E-state index is 0.0606. The van der Waals surface area contributed by atoms with Crippen molar-refractivity contribution in [2.24, 2.45) is 0 Å². The van der Waals surface area contributed by atoms with Crippen LogP contribution >= 0.6 is 34.4 Å². The lowest BCUT2D eigenvalue weighted by atomic mass is 10.0. The predicted octanol–water partition coefficient (Wildman–Crippen LogP) is 6.14. The average Bonchev–Trinajstić information content (AvgIpc) is 3.34. The van der Waals surface area contributed by atoms with Gasteiger partial charge in [0.25, 0.3) is 5.60 Å². The van der Waals surface area contributed by atoms with Crippen molar-refractivity contribution in [3.63, 3.8) is 0 Å². The van der Waals surface area contributed by atoms with Gasteiger partial charge in [-0.25, -0.2) is 14.8 Å². The smallest absolute Gasteiger partial charge is 0.423 e. The number of aliphatic hydroxyl groups is 1. The largest absolute Gasteiger partial charge is 0.431 e. The molecule has 0 radical (unpaired) electrons. The molecule has 3 aromatic heterocycles. The third kappa shape index (κ3) is 4.27. The second-order valence-corrected chi connectivity index (χ2v) is 10.1. The van der Waals surface area contributed by atoms with Crippen molar-refractivity contribution in [1.82, 2.24) is 9.97 Å². The van der Waals surface area contributed by atoms with Crippen molar-refractivity contribution >= 4 is 45.4 Å². The average molecular weight is 524 g/mol. The number of thiazole rings is 2. The molecule has 0 spiro atoms. The van der Waals surface area contributed by atoms with E-state index >= 15 is 0 Å². The van der Waals surface area contributed by atoms with Gasteiger partial charge in [0.15, 0.2) is 4.34 Å². The topological polar surface area (TPSA) is 76.2 Å². The third-order valence-electron chi connectivity index (χ3n) is 4.48. The molecule has 33 heavy (non-hydrogen) atoms. The molecule has 0 aliphatic heterocycles. The van der Waals surface area contributed by atoms with E-state index in [1.54, 1.807) is 24.4 Å². The molecule has 5 nitrogen and oxygen atoms in total. The SMILES string of the molecule is Cc1nc(-c2cc(=O)oc3cc(Sc4ncc(C(O)(C(F)(F)F)C(F)(F)F)s4)ccc23)cs1. The molecular formula is C19H10F6N2O3S3. The summed E-state index contributed by atoms with van der Waals surface area (Å²) in [6, 6.07) is 5.86. The summed E-state index contributed by atoms with van der Waals surface area (Å²) in [4.78, 5) is 18.9. The van der Waals surface area contributed by atoms with Gasteiger partial charge in [-0.15, -0.1) is 22.7 Å². The number of alkyl halides is 6. The Balaban J connectivity index is 1.70. The van der Waals surface area contributed by atoms with Gasteiger partial charge >= 0.3 is 18.0 Å². The molecule has 0 unspecified atom stereocenters. The highest BCUT2D eigenvalue weighted by Gasteiger charge is 2.72. The summed E-state index contributed by atoms with van der Waals surface area (Å²) in [5.41, 5.74) is -4.43. The van der Waals surface area contributed by atoms with Crippen molar-refractivity contribution in [3.05, 3.63) is 56.1 Å². The van der Waals surface area contributed by atoms with Gasteiger partial charge in [0, 0.05) is 33.5 Å². The number of nitrogens with zero attached hydrogens (tertiary/aromatic N) is 2. The lowest BCUT2D eigenvalue weighted by Crippen LogP contribution is -2.53. The maximum Gasteiger partial charge on any atom is 0.431 e. The van der Waals surface area contributed by atoms with Gasteiger partial charge < -0.3 is 9.52 Å². The van der Waals surface area contributed by atoms with E-state index in [2.05, 4.69) is 9.97 Å². The standard InChI is InChI=1S/C19H10F6N2O3S3/c1-8-27-12(7-31-8)11-5-15(28)30-13-4-9(2-3-10(11)13)32-16-26-6-14(33-16)17(29,18(20,21)22)19(23,24)25/h2-7,29H,1H3. The zero-order valence-electron chi connectivity index (χ0n) is 16.1. The molecule has 1 N–H and O–H groups in total. The second kappa shape index (κ2) is 8.11. The van der Waals surface area contributed by atoms with Crippen LogP contribution in [0.2, 0.25) is 0 Å². The summed E-state index contributed by atoms with van der Waals surface area (Å²) in [6.45, 7) is 1.80. The fourth-order valence-electron chi connectivity index (χ4n) is 2.92. The summed E-state index contributed by atoms with van der Waals surface area (Å²) in [7, 11) is 0. The number of aromatic nitrogens is 2. The summed E-state index contributed by atoms with van der Waals surface area (Å²) < 4.78 is 83.5. The Morgan fingerprint density at radius 1 is 1.09 bits per heavy atom. The summed E-state index contributed by atoms with van der Waals surface area (Å²) in [5, 5.41) is 12.6. The number of hydrogen-bond donors (Lipinski definition) is 1. The minimum atomic E-state index is -5.99. The highest BCUT2D eigenvalue weighted by molar-refractivity contribution is 8.01. The van der Waals surface area contributed by atoms with E-state index in [0.717, 1.165) is 16.8 Å². The van der Waals surface area contributed by atoms with E-state index in [-0.39, 0.29) is 21.3 Å². The van der Waals surface area contributed by atoms with E-state index in [9.17, 15) is 36.2 Å². The van der Waals surface area contributed by atoms with Crippen LogP contribution in [0.4, 0.5) is 26.3 Å². The van der Waals surface area contributed by atoms with Crippen molar-refractivity contribution < 1.29 is 35.9 Å². The maximum absolute atomic E-state index is 13.1. The first-order valence-electron chi connectivity index (χ1n) is 8.80. The number of hydrogen-bond acceptors (Lipinski definition) is 8. The first-order chi connectivity index (χ1) is 15.3. The molecule has 0 saturated carbocycles. The van der Waals surface area contributed by atoms with Crippen LogP contribution < -0.4 is 5.63 Å². The van der Waals surface area contributed by atoms with Crippen molar-refractivity contribution in [2.45, 2.75) is 34.1 Å². The Labute approximate surface area is 192 Å². The van der Waals surface area contributed by atoms with Crippen molar-refractivity contribution in [2.75, 3.05) is 0 Å². The highest BCUT2D eigenvalue weighted by atomic mass is 32.2. The van der Waals surface area contributed by atoms with Gasteiger partial charge in [-0.2, -0.15) is 26.3 Å². The Hall–Kier alpha value is -2.42. The Bertz CT molecular complexity index is 1380. The molecule has 0 aliphatic rings. The number of benzene rings is 1. The molecule has 4 aromatic rings.